The zero-order valence-electron chi connectivity index (χ0n) is 17.6. The summed E-state index contributed by atoms with van der Waals surface area (Å²) in [6.45, 7) is 5.82. The molecule has 1 saturated heterocycles. The molecule has 1 heterocycles. The molecule has 0 aliphatic carbocycles. The third kappa shape index (κ3) is 5.90. The maximum Gasteiger partial charge on any atom is 0.251 e. The van der Waals surface area contributed by atoms with E-state index in [-0.39, 0.29) is 5.91 Å². The number of carbonyl (C=O) groups excluding carboxylic acids is 1. The molecule has 162 valence electrons. The number of hydrogen-bond donors (Lipinski definition) is 1. The first-order valence-corrected chi connectivity index (χ1v) is 12.1. The molecular weight excluding hydrogens is 398 g/mol. The summed E-state index contributed by atoms with van der Waals surface area (Å²) in [6.07, 6.45) is 3.25. The first-order chi connectivity index (χ1) is 14.5. The predicted molar refractivity (Wildman–Crippen MR) is 119 cm³/mol. The molecule has 1 aliphatic heterocycles. The number of nitrogens with one attached hydrogen (secondary N) is 1. The van der Waals surface area contributed by atoms with Crippen LogP contribution in [-0.2, 0) is 16.6 Å². The van der Waals surface area contributed by atoms with Crippen molar-refractivity contribution in [2.45, 2.75) is 37.6 Å². The third-order valence-electron chi connectivity index (χ3n) is 5.37. The monoisotopic (exact) mass is 429 g/mol. The van der Waals surface area contributed by atoms with Crippen molar-refractivity contribution in [2.75, 3.05) is 32.7 Å². The van der Waals surface area contributed by atoms with Crippen molar-refractivity contribution in [3.8, 4) is 0 Å². The lowest BCUT2D eigenvalue weighted by atomic mass is 10.1. The second-order valence-electron chi connectivity index (χ2n) is 7.66. The van der Waals surface area contributed by atoms with Crippen molar-refractivity contribution >= 4 is 15.9 Å². The maximum absolute atomic E-state index is 12.8. The van der Waals surface area contributed by atoms with Crippen LogP contribution < -0.4 is 5.32 Å². The van der Waals surface area contributed by atoms with Gasteiger partial charge in [0.25, 0.3) is 5.91 Å². The number of hydrogen-bond acceptors (Lipinski definition) is 4. The van der Waals surface area contributed by atoms with Gasteiger partial charge < -0.3 is 5.32 Å². The summed E-state index contributed by atoms with van der Waals surface area (Å²) in [5, 5.41) is 2.98. The zero-order chi connectivity index (χ0) is 21.4. The quantitative estimate of drug-likeness (QED) is 0.622. The highest BCUT2D eigenvalue weighted by Gasteiger charge is 2.28. The Balaban J connectivity index is 1.53. The first-order valence-electron chi connectivity index (χ1n) is 10.7. The average Bonchev–Trinajstić information content (AvgIpc) is 2.78. The first kappa shape index (κ1) is 22.5. The topological polar surface area (TPSA) is 69.7 Å². The summed E-state index contributed by atoms with van der Waals surface area (Å²) >= 11 is 0. The second kappa shape index (κ2) is 10.7. The van der Waals surface area contributed by atoms with Crippen molar-refractivity contribution in [3.63, 3.8) is 0 Å². The summed E-state index contributed by atoms with van der Waals surface area (Å²) in [5.74, 6) is -0.0354. The van der Waals surface area contributed by atoms with E-state index in [0.29, 0.717) is 49.7 Å². The summed E-state index contributed by atoms with van der Waals surface area (Å²) in [6, 6.07) is 16.3. The minimum atomic E-state index is -3.44. The molecule has 3 rings (SSSR count). The van der Waals surface area contributed by atoms with E-state index in [2.05, 4.69) is 17.1 Å². The largest absolute Gasteiger partial charge is 0.352 e. The Hall–Kier alpha value is -2.22. The number of benzene rings is 2. The summed E-state index contributed by atoms with van der Waals surface area (Å²) in [7, 11) is -3.44. The van der Waals surface area contributed by atoms with Crippen LogP contribution in [0.4, 0.5) is 0 Å². The average molecular weight is 430 g/mol. The summed E-state index contributed by atoms with van der Waals surface area (Å²) in [4.78, 5) is 14.9. The molecule has 1 N–H and O–H groups in total. The third-order valence-corrected chi connectivity index (χ3v) is 7.29. The van der Waals surface area contributed by atoms with Crippen LogP contribution in [0.1, 0.15) is 42.1 Å². The van der Waals surface area contributed by atoms with E-state index >= 15 is 0 Å². The van der Waals surface area contributed by atoms with E-state index in [4.69, 9.17) is 0 Å². The molecule has 1 aliphatic rings. The SMILES string of the molecule is CCCCCNC(=O)c1cccc(CN2CCN(S(=O)(=O)c3ccccc3)CC2)c1. The standard InChI is InChI=1S/C23H31N3O3S/c1-2-3-7-13-24-23(27)21-10-8-9-20(18-21)19-25-14-16-26(17-15-25)30(28,29)22-11-5-4-6-12-22/h4-6,8-12,18H,2-3,7,13-17,19H2,1H3,(H,24,27). The molecule has 0 bridgehead atoms. The van der Waals surface area contributed by atoms with Crippen molar-refractivity contribution in [3.05, 3.63) is 65.7 Å². The predicted octanol–water partition coefficient (Wildman–Crippen LogP) is 3.11. The van der Waals surface area contributed by atoms with Crippen LogP contribution in [0.5, 0.6) is 0 Å². The molecule has 0 radical (unpaired) electrons. The smallest absolute Gasteiger partial charge is 0.251 e. The lowest BCUT2D eigenvalue weighted by Crippen LogP contribution is -2.48. The Kier molecular flexibility index (Phi) is 8.01. The lowest BCUT2D eigenvalue weighted by molar-refractivity contribution is 0.0952. The molecule has 30 heavy (non-hydrogen) atoms. The second-order valence-corrected chi connectivity index (χ2v) is 9.59. The fourth-order valence-electron chi connectivity index (χ4n) is 3.62. The van der Waals surface area contributed by atoms with Crippen LogP contribution in [0.15, 0.2) is 59.5 Å². The molecule has 0 spiro atoms. The van der Waals surface area contributed by atoms with E-state index in [1.165, 1.54) is 0 Å². The van der Waals surface area contributed by atoms with Gasteiger partial charge in [-0.2, -0.15) is 4.31 Å². The van der Waals surface area contributed by atoms with Crippen LogP contribution in [0.3, 0.4) is 0 Å². The van der Waals surface area contributed by atoms with Crippen molar-refractivity contribution < 1.29 is 13.2 Å². The lowest BCUT2D eigenvalue weighted by Gasteiger charge is -2.34. The molecule has 6 nitrogen and oxygen atoms in total. The van der Waals surface area contributed by atoms with E-state index in [9.17, 15) is 13.2 Å². The molecule has 7 heteroatoms. The Morgan fingerprint density at radius 3 is 2.40 bits per heavy atom. The molecular formula is C23H31N3O3S. The van der Waals surface area contributed by atoms with Crippen LogP contribution in [0, 0.1) is 0 Å². The molecule has 2 aromatic carbocycles. The van der Waals surface area contributed by atoms with E-state index in [1.807, 2.05) is 30.3 Å². The highest BCUT2D eigenvalue weighted by Crippen LogP contribution is 2.18. The van der Waals surface area contributed by atoms with Gasteiger partial charge in [0.15, 0.2) is 0 Å². The van der Waals surface area contributed by atoms with Gasteiger partial charge in [0.05, 0.1) is 4.90 Å². The van der Waals surface area contributed by atoms with E-state index in [0.717, 1.165) is 24.8 Å². The van der Waals surface area contributed by atoms with Crippen LogP contribution >= 0.6 is 0 Å². The fourth-order valence-corrected chi connectivity index (χ4v) is 5.06. The minimum absolute atomic E-state index is 0.0354. The zero-order valence-corrected chi connectivity index (χ0v) is 18.4. The molecule has 2 aromatic rings. The van der Waals surface area contributed by atoms with Crippen molar-refractivity contribution in [1.29, 1.82) is 0 Å². The van der Waals surface area contributed by atoms with Gasteiger partial charge in [0.1, 0.15) is 0 Å². The van der Waals surface area contributed by atoms with Gasteiger partial charge in [0, 0.05) is 44.8 Å². The Morgan fingerprint density at radius 2 is 1.70 bits per heavy atom. The fraction of sp³-hybridized carbons (Fsp3) is 0.435. The van der Waals surface area contributed by atoms with Gasteiger partial charge in [-0.15, -0.1) is 0 Å². The van der Waals surface area contributed by atoms with Gasteiger partial charge in [-0.1, -0.05) is 50.1 Å². The molecule has 0 atom stereocenters. The Labute approximate surface area is 179 Å². The normalized spacial score (nSPS) is 15.8. The summed E-state index contributed by atoms with van der Waals surface area (Å²) < 4.78 is 27.1. The number of rotatable bonds is 9. The highest BCUT2D eigenvalue weighted by atomic mass is 32.2. The Bertz CT molecular complexity index is 924. The van der Waals surface area contributed by atoms with E-state index in [1.54, 1.807) is 28.6 Å². The van der Waals surface area contributed by atoms with Gasteiger partial charge in [-0.05, 0) is 36.2 Å². The molecule has 0 aromatic heterocycles. The molecule has 1 fully saturated rings. The van der Waals surface area contributed by atoms with Crippen molar-refractivity contribution in [2.24, 2.45) is 0 Å². The molecule has 0 unspecified atom stereocenters. The number of amides is 1. The number of sulfonamides is 1. The number of carbonyl (C=O) groups is 1. The number of nitrogens with zero attached hydrogens (tertiary/aromatic N) is 2. The van der Waals surface area contributed by atoms with Crippen LogP contribution in [0.25, 0.3) is 0 Å². The van der Waals surface area contributed by atoms with Gasteiger partial charge in [-0.25, -0.2) is 8.42 Å². The highest BCUT2D eigenvalue weighted by molar-refractivity contribution is 7.89. The van der Waals surface area contributed by atoms with Gasteiger partial charge >= 0.3 is 0 Å². The number of piperazine rings is 1. The van der Waals surface area contributed by atoms with Crippen LogP contribution in [0.2, 0.25) is 0 Å². The molecule has 0 saturated carbocycles. The van der Waals surface area contributed by atoms with E-state index < -0.39 is 10.0 Å². The van der Waals surface area contributed by atoms with Crippen molar-refractivity contribution in [1.82, 2.24) is 14.5 Å². The van der Waals surface area contributed by atoms with Crippen LogP contribution in [-0.4, -0.2) is 56.3 Å². The summed E-state index contributed by atoms with van der Waals surface area (Å²) in [5.41, 5.74) is 1.74. The number of unbranched alkanes of at least 4 members (excludes halogenated alkanes) is 2. The van der Waals surface area contributed by atoms with Gasteiger partial charge in [-0.3, -0.25) is 9.69 Å². The minimum Gasteiger partial charge on any atom is -0.352 e. The van der Waals surface area contributed by atoms with Gasteiger partial charge in [0.2, 0.25) is 10.0 Å². The maximum atomic E-state index is 12.8. The Morgan fingerprint density at radius 1 is 0.967 bits per heavy atom. The molecule has 1 amide bonds.